The van der Waals surface area contributed by atoms with Gasteiger partial charge in [-0.2, -0.15) is 0 Å². The van der Waals surface area contributed by atoms with Crippen LogP contribution < -0.4 is 10.9 Å². The highest BCUT2D eigenvalue weighted by Crippen LogP contribution is 2.68. The molecule has 8 heteroatoms. The maximum absolute atomic E-state index is 13.0. The number of aryl methyl sites for hydroxylation is 1. The summed E-state index contributed by atoms with van der Waals surface area (Å²) >= 11 is 0. The van der Waals surface area contributed by atoms with Gasteiger partial charge in [0, 0.05) is 23.6 Å². The first-order valence-corrected chi connectivity index (χ1v) is 16.8. The van der Waals surface area contributed by atoms with Crippen LogP contribution in [0.3, 0.4) is 0 Å². The molecule has 1 unspecified atom stereocenters. The molecule has 0 aliphatic heterocycles. The fraction of sp³-hybridized carbons (Fsp3) is 0.694. The van der Waals surface area contributed by atoms with Crippen molar-refractivity contribution in [3.8, 4) is 0 Å². The van der Waals surface area contributed by atoms with Gasteiger partial charge in [0.05, 0.1) is 24.2 Å². The maximum Gasteiger partial charge on any atom is 0.340 e. The zero-order chi connectivity index (χ0) is 31.6. The Morgan fingerprint density at radius 3 is 2.52 bits per heavy atom. The molecule has 8 nitrogen and oxygen atoms in total. The van der Waals surface area contributed by atoms with Crippen molar-refractivity contribution in [2.75, 3.05) is 5.32 Å². The third-order valence-corrected chi connectivity index (χ3v) is 13.1. The highest BCUT2D eigenvalue weighted by atomic mass is 16.4. The second kappa shape index (κ2) is 11.6. The quantitative estimate of drug-likeness (QED) is 0.280. The number of fused-ring (bicyclic) bond motifs is 6. The van der Waals surface area contributed by atoms with Gasteiger partial charge in [-0.15, -0.1) is 0 Å². The second-order valence-electron chi connectivity index (χ2n) is 15.3. The molecule has 1 heterocycles. The van der Waals surface area contributed by atoms with Crippen LogP contribution in [0.1, 0.15) is 96.1 Å². The molecule has 2 aromatic rings. The predicted molar refractivity (Wildman–Crippen MR) is 168 cm³/mol. The summed E-state index contributed by atoms with van der Waals surface area (Å²) in [4.78, 5) is 36.6. The Morgan fingerprint density at radius 2 is 1.77 bits per heavy atom. The minimum absolute atomic E-state index is 0.0812. The van der Waals surface area contributed by atoms with Crippen molar-refractivity contribution in [2.24, 2.45) is 46.3 Å². The number of anilines is 1. The first kappa shape index (κ1) is 31.3. The van der Waals surface area contributed by atoms with Crippen molar-refractivity contribution in [1.29, 1.82) is 0 Å². The Hall–Kier alpha value is -2.71. The van der Waals surface area contributed by atoms with Crippen LogP contribution in [0.2, 0.25) is 0 Å². The van der Waals surface area contributed by atoms with E-state index in [1.54, 1.807) is 25.1 Å². The minimum atomic E-state index is -1.09. The van der Waals surface area contributed by atoms with Crippen molar-refractivity contribution in [3.63, 3.8) is 0 Å². The predicted octanol–water partition coefficient (Wildman–Crippen LogP) is 6.07. The van der Waals surface area contributed by atoms with Crippen molar-refractivity contribution in [2.45, 2.75) is 111 Å². The lowest BCUT2D eigenvalue weighted by atomic mass is 9.43. The number of benzene rings is 1. The molecule has 0 saturated heterocycles. The topological polar surface area (TPSA) is 137 Å². The molecule has 1 amide bonds. The molecule has 0 radical (unpaired) electrons. The zero-order valence-electron chi connectivity index (χ0n) is 26.6. The number of hydrogen-bond acceptors (Lipinski definition) is 6. The molecule has 240 valence electrons. The maximum atomic E-state index is 13.0. The number of aliphatic hydroxyl groups is 2. The lowest BCUT2D eigenvalue weighted by Gasteiger charge is -2.62. The van der Waals surface area contributed by atoms with Crippen molar-refractivity contribution < 1.29 is 29.3 Å². The smallest absolute Gasteiger partial charge is 0.340 e. The molecule has 10 atom stereocenters. The summed E-state index contributed by atoms with van der Waals surface area (Å²) in [6.07, 6.45) is 8.51. The fourth-order valence-electron chi connectivity index (χ4n) is 10.8. The van der Waals surface area contributed by atoms with E-state index in [1.165, 1.54) is 6.42 Å². The Labute approximate surface area is 259 Å². The lowest BCUT2D eigenvalue weighted by Crippen LogP contribution is -2.58. The number of carbonyl (C=O) groups excluding carboxylic acids is 1. The molecular formula is C36H49NO7. The van der Waals surface area contributed by atoms with Crippen molar-refractivity contribution in [1.82, 2.24) is 0 Å². The van der Waals surface area contributed by atoms with Crippen LogP contribution >= 0.6 is 0 Å². The molecule has 4 aliphatic rings. The number of carboxylic acid groups (broad SMARTS) is 1. The monoisotopic (exact) mass is 607 g/mol. The Morgan fingerprint density at radius 1 is 1.05 bits per heavy atom. The number of carbonyl (C=O) groups is 2. The highest BCUT2D eigenvalue weighted by molar-refractivity contribution is 5.94. The molecule has 6 rings (SSSR count). The van der Waals surface area contributed by atoms with E-state index in [1.807, 2.05) is 0 Å². The zero-order valence-corrected chi connectivity index (χ0v) is 26.6. The first-order valence-electron chi connectivity index (χ1n) is 16.8. The van der Waals surface area contributed by atoms with E-state index in [0.717, 1.165) is 51.4 Å². The summed E-state index contributed by atoms with van der Waals surface area (Å²) in [5, 5.41) is 34.6. The third-order valence-electron chi connectivity index (χ3n) is 13.1. The van der Waals surface area contributed by atoms with Gasteiger partial charge in [-0.25, -0.2) is 4.79 Å². The van der Waals surface area contributed by atoms with Gasteiger partial charge in [-0.05, 0) is 129 Å². The lowest BCUT2D eigenvalue weighted by molar-refractivity contribution is -0.174. The highest BCUT2D eigenvalue weighted by Gasteiger charge is 2.62. The first-order chi connectivity index (χ1) is 20.8. The van der Waals surface area contributed by atoms with E-state index < -0.39 is 18.0 Å². The van der Waals surface area contributed by atoms with Crippen LogP contribution in [0.25, 0.3) is 11.0 Å². The van der Waals surface area contributed by atoms with E-state index >= 15 is 0 Å². The molecule has 4 N–H and O–H groups in total. The van der Waals surface area contributed by atoms with Crippen LogP contribution in [-0.4, -0.2) is 39.4 Å². The summed E-state index contributed by atoms with van der Waals surface area (Å²) in [5.74, 6) is 1.52. The minimum Gasteiger partial charge on any atom is -0.481 e. The summed E-state index contributed by atoms with van der Waals surface area (Å²) < 4.78 is 5.41. The Bertz CT molecular complexity index is 1500. The molecule has 44 heavy (non-hydrogen) atoms. The molecule has 0 bridgehead atoms. The van der Waals surface area contributed by atoms with Crippen LogP contribution in [0.4, 0.5) is 5.69 Å². The summed E-state index contributed by atoms with van der Waals surface area (Å²) in [6, 6.07) is 5.14. The van der Waals surface area contributed by atoms with E-state index in [0.29, 0.717) is 64.1 Å². The van der Waals surface area contributed by atoms with E-state index in [9.17, 15) is 24.6 Å². The summed E-state index contributed by atoms with van der Waals surface area (Å²) in [7, 11) is 0. The normalized spacial score (nSPS) is 37.1. The van der Waals surface area contributed by atoms with Crippen LogP contribution in [0.15, 0.2) is 27.4 Å². The SMILES string of the molecule is Cc1c(CC(=O)O)c(=O)oc2cc(NC(=O)CC[C@@H](C)[C@H]3CC[C@H]4[C@@H]5C(O)C[C@@H]6C[C@H](O)CC[C@]6(C)[C@H]5CC[C@]34C)ccc12. The summed E-state index contributed by atoms with van der Waals surface area (Å²) in [5.41, 5.74) is 1.30. The van der Waals surface area contributed by atoms with Gasteiger partial charge >= 0.3 is 11.6 Å². The van der Waals surface area contributed by atoms with E-state index in [-0.39, 0.29) is 34.5 Å². The van der Waals surface area contributed by atoms with E-state index in [2.05, 4.69) is 26.1 Å². The van der Waals surface area contributed by atoms with Gasteiger partial charge in [-0.1, -0.05) is 20.8 Å². The van der Waals surface area contributed by atoms with Crippen LogP contribution in [0, 0.1) is 53.3 Å². The molecule has 1 aromatic heterocycles. The Kier molecular flexibility index (Phi) is 8.23. The molecule has 4 fully saturated rings. The number of amides is 1. The third kappa shape index (κ3) is 5.30. The number of aliphatic carboxylic acids is 1. The molecule has 4 saturated carbocycles. The Balaban J connectivity index is 1.09. The van der Waals surface area contributed by atoms with Crippen LogP contribution in [-0.2, 0) is 16.0 Å². The standard InChI is InChI=1S/C36H49NO7/c1-19(5-10-31(40)37-22-6-7-24-20(2)25(18-32(41)42)34(43)44-30(24)17-22)26-8-9-27-33-28(12-14-36(26,27)4)35(3)13-11-23(38)15-21(35)16-29(33)39/h6-7,17,19,21,23,26-29,33,38-39H,5,8-16,18H2,1-4H3,(H,37,40)(H,41,42)/t19-,21+,23-,26-,27+,28+,29?,33+,35+,36-/m1/s1. The van der Waals surface area contributed by atoms with Crippen molar-refractivity contribution >= 4 is 28.5 Å². The average Bonchev–Trinajstić information content (AvgIpc) is 3.32. The molecular weight excluding hydrogens is 558 g/mol. The number of nitrogens with one attached hydrogen (secondary N) is 1. The van der Waals surface area contributed by atoms with Gasteiger partial charge < -0.3 is 25.1 Å². The number of hydrogen-bond donors (Lipinski definition) is 4. The van der Waals surface area contributed by atoms with Gasteiger partial charge in [0.2, 0.25) is 5.91 Å². The number of aliphatic hydroxyl groups excluding tert-OH is 2. The number of carboxylic acids is 1. The van der Waals surface area contributed by atoms with Crippen molar-refractivity contribution in [3.05, 3.63) is 39.7 Å². The molecule has 1 aromatic carbocycles. The molecule has 0 spiro atoms. The second-order valence-corrected chi connectivity index (χ2v) is 15.3. The van der Waals surface area contributed by atoms with Gasteiger partial charge in [0.1, 0.15) is 5.58 Å². The van der Waals surface area contributed by atoms with Gasteiger partial charge in [0.25, 0.3) is 0 Å². The largest absolute Gasteiger partial charge is 0.481 e. The van der Waals surface area contributed by atoms with Crippen LogP contribution in [0.5, 0.6) is 0 Å². The average molecular weight is 608 g/mol. The molecule has 4 aliphatic carbocycles. The van der Waals surface area contributed by atoms with Gasteiger partial charge in [0.15, 0.2) is 0 Å². The fourth-order valence-corrected chi connectivity index (χ4v) is 10.8. The summed E-state index contributed by atoms with van der Waals surface area (Å²) in [6.45, 7) is 8.91. The number of rotatable bonds is 7. The van der Waals surface area contributed by atoms with Gasteiger partial charge in [-0.3, -0.25) is 9.59 Å². The van der Waals surface area contributed by atoms with E-state index in [4.69, 9.17) is 9.52 Å².